The zero-order valence-electron chi connectivity index (χ0n) is 54.9. The van der Waals surface area contributed by atoms with Crippen LogP contribution < -0.4 is 52.2 Å². The summed E-state index contributed by atoms with van der Waals surface area (Å²) in [7, 11) is 0. The fraction of sp³-hybridized carbons (Fsp3) is 0.268. The first-order chi connectivity index (χ1) is 41.6. The van der Waals surface area contributed by atoms with Crippen molar-refractivity contribution < 1.29 is 4.74 Å². The molecule has 4 nitrogen and oxygen atoms in total. The quantitative estimate of drug-likeness (QED) is 0.160. The molecule has 0 aromatic heterocycles. The largest absolute Gasteiger partial charge is 0.458 e. The molecule has 4 aliphatic rings. The molecule has 4 heterocycles. The molecule has 88 heavy (non-hydrogen) atoms. The van der Waals surface area contributed by atoms with Crippen molar-refractivity contribution in [3.8, 4) is 33.8 Å². The van der Waals surface area contributed by atoms with Crippen LogP contribution >= 0.6 is 0 Å². The smallest absolute Gasteiger partial charge is 0.256 e. The van der Waals surface area contributed by atoms with Gasteiger partial charge in [0.15, 0.2) is 0 Å². The molecule has 0 atom stereocenters. The van der Waals surface area contributed by atoms with E-state index in [1.54, 1.807) is 0 Å². The molecule has 0 N–H and O–H groups in total. The van der Waals surface area contributed by atoms with Gasteiger partial charge < -0.3 is 19.4 Å². The van der Waals surface area contributed by atoms with Crippen molar-refractivity contribution in [1.29, 1.82) is 0 Å². The SMILES string of the molecule is Cc1ccccc1-c1cc2c3c(c1)N(c1ccc(C(C)(C)C)cc1)c1ccc(C(C)(C)C)cc1B3c1cc3c(cc1O2)N(c1ccc(C(C)(C)C)cc1)c1cc(-c2ccccc2C)cc2c1B3c1cc(C(C)(C)C)ccc1N2c1ccc(C(C)(C)C)cc1. The predicted octanol–water partition coefficient (Wildman–Crippen LogP) is 18.6. The molecule has 0 amide bonds. The van der Waals surface area contributed by atoms with Gasteiger partial charge in [0.05, 0.1) is 0 Å². The van der Waals surface area contributed by atoms with Gasteiger partial charge in [-0.2, -0.15) is 0 Å². The Morgan fingerprint density at radius 3 is 1.02 bits per heavy atom. The lowest BCUT2D eigenvalue weighted by Gasteiger charge is -2.46. The Morgan fingerprint density at radius 2 is 0.625 bits per heavy atom. The fourth-order valence-corrected chi connectivity index (χ4v) is 14.4. The Kier molecular flexibility index (Phi) is 13.0. The van der Waals surface area contributed by atoms with Crippen molar-refractivity contribution in [1.82, 2.24) is 0 Å². The van der Waals surface area contributed by atoms with E-state index in [-0.39, 0.29) is 40.5 Å². The molecular formula is C82H83B2N3O. The Bertz CT molecular complexity index is 4460. The van der Waals surface area contributed by atoms with E-state index in [0.29, 0.717) is 0 Å². The van der Waals surface area contributed by atoms with Crippen LogP contribution in [0.25, 0.3) is 22.3 Å². The van der Waals surface area contributed by atoms with Gasteiger partial charge in [0.25, 0.3) is 13.4 Å². The van der Waals surface area contributed by atoms with Crippen LogP contribution in [0.5, 0.6) is 11.5 Å². The fourth-order valence-electron chi connectivity index (χ4n) is 14.4. The van der Waals surface area contributed by atoms with Gasteiger partial charge in [-0.15, -0.1) is 0 Å². The zero-order valence-corrected chi connectivity index (χ0v) is 54.9. The van der Waals surface area contributed by atoms with Gasteiger partial charge in [0, 0.05) is 57.3 Å². The molecule has 0 bridgehead atoms. The summed E-state index contributed by atoms with van der Waals surface area (Å²) in [6, 6.07) is 75.3. The second-order valence-corrected chi connectivity index (χ2v) is 30.8. The third-order valence-electron chi connectivity index (χ3n) is 19.6. The molecule has 0 saturated carbocycles. The van der Waals surface area contributed by atoms with Gasteiger partial charge in [-0.3, -0.25) is 0 Å². The van der Waals surface area contributed by atoms with E-state index in [1.165, 1.54) is 111 Å². The minimum Gasteiger partial charge on any atom is -0.458 e. The summed E-state index contributed by atoms with van der Waals surface area (Å²) in [6.07, 6.45) is 0. The molecule has 14 rings (SSSR count). The van der Waals surface area contributed by atoms with Crippen LogP contribution in [0, 0.1) is 13.8 Å². The topological polar surface area (TPSA) is 19.0 Å². The predicted molar refractivity (Wildman–Crippen MR) is 380 cm³/mol. The lowest BCUT2D eigenvalue weighted by molar-refractivity contribution is 0.488. The zero-order chi connectivity index (χ0) is 61.9. The number of hydrogen-bond donors (Lipinski definition) is 0. The Morgan fingerprint density at radius 1 is 0.284 bits per heavy atom. The average Bonchev–Trinajstić information content (AvgIpc) is 0.696. The van der Waals surface area contributed by atoms with Crippen molar-refractivity contribution in [3.63, 3.8) is 0 Å². The standard InChI is InChI=1S/C82H83B2N3O/c1-50-22-18-20-24-62(50)52-42-71-76-72(43-52)87(61-38-30-56(31-39-61)80(9,10)11)70-49-74-67(48-66(70)83(76)64-46-57(81(12,13)14)32-40-68(64)85(71)59-34-26-54(27-35-59)78(3,4)5)84-65-47-58(82(15,16)17)33-41-69(65)86(60-36-28-55(29-37-60)79(6,7)8)73-44-53(45-75(88-74)77(73)84)63-25-21-19-23-51(63)2/h18-49H,1-17H3. The summed E-state index contributed by atoms with van der Waals surface area (Å²) >= 11 is 0. The highest BCUT2D eigenvalue weighted by molar-refractivity contribution is 7.02. The lowest BCUT2D eigenvalue weighted by Crippen LogP contribution is -2.64. The van der Waals surface area contributed by atoms with Crippen molar-refractivity contribution >= 4 is 97.4 Å². The normalized spacial score (nSPS) is 14.2. The highest BCUT2D eigenvalue weighted by atomic mass is 16.5. The van der Waals surface area contributed by atoms with E-state index in [0.717, 1.165) is 45.5 Å². The molecule has 6 heteroatoms. The number of rotatable bonds is 5. The van der Waals surface area contributed by atoms with Gasteiger partial charge >= 0.3 is 0 Å². The lowest BCUT2D eigenvalue weighted by atomic mass is 9.30. The molecule has 10 aromatic carbocycles. The van der Waals surface area contributed by atoms with E-state index in [4.69, 9.17) is 4.74 Å². The van der Waals surface area contributed by atoms with Gasteiger partial charge in [-0.25, -0.2) is 0 Å². The van der Waals surface area contributed by atoms with E-state index in [1.807, 2.05) is 0 Å². The third kappa shape index (κ3) is 9.42. The molecule has 10 aromatic rings. The molecule has 4 aliphatic heterocycles. The Balaban J connectivity index is 1.10. The van der Waals surface area contributed by atoms with Crippen LogP contribution in [0.15, 0.2) is 194 Å². The summed E-state index contributed by atoms with van der Waals surface area (Å²) in [4.78, 5) is 7.70. The van der Waals surface area contributed by atoms with Crippen molar-refractivity contribution in [2.45, 2.75) is 145 Å². The van der Waals surface area contributed by atoms with E-state index in [2.05, 4.69) is 327 Å². The van der Waals surface area contributed by atoms with Crippen LogP contribution in [0.3, 0.4) is 0 Å². The highest BCUT2D eigenvalue weighted by Gasteiger charge is 2.48. The first-order valence-corrected chi connectivity index (χ1v) is 32.0. The van der Waals surface area contributed by atoms with Gasteiger partial charge in [0.2, 0.25) is 0 Å². The summed E-state index contributed by atoms with van der Waals surface area (Å²) < 4.78 is 7.78. The number of anilines is 9. The number of nitrogens with zero attached hydrogens (tertiary/aromatic N) is 3. The van der Waals surface area contributed by atoms with Gasteiger partial charge in [-0.05, 0) is 208 Å². The summed E-state index contributed by atoms with van der Waals surface area (Å²) in [6.45, 7) is 39.0. The van der Waals surface area contributed by atoms with E-state index in [9.17, 15) is 0 Å². The Hall–Kier alpha value is -8.47. The number of ether oxygens (including phenoxy) is 1. The van der Waals surface area contributed by atoms with Gasteiger partial charge in [-0.1, -0.05) is 219 Å². The van der Waals surface area contributed by atoms with E-state index >= 15 is 0 Å². The summed E-state index contributed by atoms with van der Waals surface area (Å²) in [5.74, 6) is 1.78. The van der Waals surface area contributed by atoms with Crippen molar-refractivity contribution in [2.75, 3.05) is 14.7 Å². The maximum absolute atomic E-state index is 7.78. The van der Waals surface area contributed by atoms with Crippen LogP contribution in [-0.4, -0.2) is 13.4 Å². The second kappa shape index (κ2) is 20.0. The van der Waals surface area contributed by atoms with Crippen LogP contribution in [-0.2, 0) is 27.1 Å². The Labute approximate surface area is 525 Å². The van der Waals surface area contributed by atoms with Crippen molar-refractivity contribution in [2.24, 2.45) is 0 Å². The van der Waals surface area contributed by atoms with Gasteiger partial charge in [0.1, 0.15) is 11.5 Å². The minimum absolute atomic E-state index is 0.00178. The molecule has 0 fully saturated rings. The van der Waals surface area contributed by atoms with E-state index < -0.39 is 0 Å². The first-order valence-electron chi connectivity index (χ1n) is 32.0. The summed E-state index contributed by atoms with van der Waals surface area (Å²) in [5, 5.41) is 0. The van der Waals surface area contributed by atoms with Crippen LogP contribution in [0.4, 0.5) is 51.2 Å². The maximum atomic E-state index is 7.78. The molecule has 438 valence electrons. The summed E-state index contributed by atoms with van der Waals surface area (Å²) in [5.41, 5.74) is 31.4. The second-order valence-electron chi connectivity index (χ2n) is 30.8. The average molecular weight is 1150 g/mol. The first kappa shape index (κ1) is 57.3. The molecule has 0 radical (unpaired) electrons. The third-order valence-corrected chi connectivity index (χ3v) is 19.6. The van der Waals surface area contributed by atoms with Crippen molar-refractivity contribution in [3.05, 3.63) is 233 Å². The van der Waals surface area contributed by atoms with Crippen LogP contribution in [0.2, 0.25) is 0 Å². The molecule has 0 spiro atoms. The molecule has 0 aliphatic carbocycles. The number of benzene rings is 10. The number of hydrogen-bond acceptors (Lipinski definition) is 4. The minimum atomic E-state index is -0.155. The molecule has 0 saturated heterocycles. The number of aryl methyl sites for hydroxylation is 2. The number of fused-ring (bicyclic) bond motifs is 8. The van der Waals surface area contributed by atoms with Crippen LogP contribution in [0.1, 0.15) is 143 Å². The maximum Gasteiger partial charge on any atom is 0.256 e. The highest BCUT2D eigenvalue weighted by Crippen LogP contribution is 2.50. The monoisotopic (exact) mass is 1150 g/mol. The molecular weight excluding hydrogens is 1060 g/mol. The molecule has 0 unspecified atom stereocenters.